The van der Waals surface area contributed by atoms with Gasteiger partial charge in [0.1, 0.15) is 12.7 Å². The summed E-state index contributed by atoms with van der Waals surface area (Å²) in [5.41, 5.74) is 0. The molecule has 0 radical (unpaired) electrons. The van der Waals surface area contributed by atoms with Gasteiger partial charge < -0.3 is 24.2 Å². The molecule has 0 spiro atoms. The molecule has 0 aromatic carbocycles. The normalized spacial score (nSPS) is 14.5. The van der Waals surface area contributed by atoms with Crippen molar-refractivity contribution in [2.75, 3.05) is 26.4 Å². The fourth-order valence-electron chi connectivity index (χ4n) is 6.08. The monoisotopic (exact) mass is 969 g/mol. The zero-order chi connectivity index (χ0) is 49.9. The Morgan fingerprint density at radius 2 is 0.853 bits per heavy atom. The number of rotatable bonds is 45. The van der Waals surface area contributed by atoms with Crippen molar-refractivity contribution in [1.82, 2.24) is 0 Å². The summed E-state index contributed by atoms with van der Waals surface area (Å²) >= 11 is 0. The van der Waals surface area contributed by atoms with Gasteiger partial charge in [0.15, 0.2) is 6.10 Å². The lowest BCUT2D eigenvalue weighted by Gasteiger charge is -2.21. The maximum absolute atomic E-state index is 12.8. The molecule has 3 unspecified atom stereocenters. The molecule has 0 aliphatic rings. The number of phosphoric acid groups is 1. The number of carbonyl (C=O) groups is 3. The molecule has 0 saturated heterocycles. The molecule has 0 saturated carbocycles. The number of carbonyl (C=O) groups excluding carboxylic acids is 3. The van der Waals surface area contributed by atoms with Crippen LogP contribution < -0.4 is 0 Å². The van der Waals surface area contributed by atoms with E-state index in [1.165, 1.54) is 25.7 Å². The van der Waals surface area contributed by atoms with Crippen LogP contribution in [0.4, 0.5) is 0 Å². The number of unbranched alkanes of at least 4 members (excludes halogenated alkanes) is 9. The second-order valence-electron chi connectivity index (χ2n) is 16.2. The molecule has 0 aliphatic heterocycles. The molecule has 0 fully saturated rings. The highest BCUT2D eigenvalue weighted by atomic mass is 31.2. The van der Waals surface area contributed by atoms with Crippen molar-refractivity contribution in [2.45, 2.75) is 187 Å². The number of aliphatic hydroxyl groups is 1. The van der Waals surface area contributed by atoms with Gasteiger partial charge in [-0.1, -0.05) is 181 Å². The van der Waals surface area contributed by atoms with Crippen molar-refractivity contribution in [3.8, 4) is 0 Å². The third-order valence-corrected chi connectivity index (χ3v) is 10.8. The summed E-state index contributed by atoms with van der Waals surface area (Å²) in [6.07, 6.45) is 59.3. The zero-order valence-corrected chi connectivity index (χ0v) is 42.9. The van der Waals surface area contributed by atoms with Crippen LogP contribution >= 0.6 is 7.82 Å². The van der Waals surface area contributed by atoms with Gasteiger partial charge in [0.05, 0.1) is 26.2 Å². The lowest BCUT2D eigenvalue weighted by molar-refractivity contribution is -0.160. The SMILES string of the molecule is CC/C=C\C/C=C\C/C=C\C/C=C\C/C=C\CC(=O)OC(COC(=O)CC/C=C\C/C=C\C/C=C\C/C=C\CC)COP(=O)(O)OCC(CO)OC(=O)CCCCCCC/C=C\CCCCCC. The minimum atomic E-state index is -4.79. The summed E-state index contributed by atoms with van der Waals surface area (Å²) in [5, 5.41) is 9.76. The molecule has 0 amide bonds. The summed E-state index contributed by atoms with van der Waals surface area (Å²) < 4.78 is 39.1. The maximum Gasteiger partial charge on any atom is 0.472 e. The molecule has 3 atom stereocenters. The maximum atomic E-state index is 12.8. The van der Waals surface area contributed by atoms with Crippen molar-refractivity contribution in [3.05, 3.63) is 122 Å². The average Bonchev–Trinajstić information content (AvgIpc) is 3.32. The van der Waals surface area contributed by atoms with Crippen LogP contribution in [0.1, 0.15) is 175 Å². The molecule has 0 aliphatic carbocycles. The standard InChI is InChI=1S/C56H89O11P/c1-4-7-10-13-16-19-22-25-26-29-32-35-38-41-44-47-56(60)67-53(49-63-54(58)45-42-39-36-33-30-27-23-20-17-14-11-8-5-2)51-65-68(61,62)64-50-52(48-57)66-55(59)46-43-40-37-34-31-28-24-21-18-15-12-9-6-3/h7-8,10-11,16-17,19-21,24-27,30,32,35-36,39,41,44,52-53,57H,4-6,9,12-15,18,22-23,28-29,31,33-34,37-38,40,42-43,45-51H2,1-3H3,(H,61,62)/b10-7-,11-8-,19-16-,20-17-,24-21-,26-25-,30-27-,35-32-,39-36-,44-41-. The van der Waals surface area contributed by atoms with E-state index in [9.17, 15) is 28.9 Å². The van der Waals surface area contributed by atoms with Crippen LogP contribution in [-0.2, 0) is 42.2 Å². The van der Waals surface area contributed by atoms with E-state index in [0.29, 0.717) is 19.3 Å². The minimum Gasteiger partial charge on any atom is -0.462 e. The van der Waals surface area contributed by atoms with E-state index in [0.717, 1.165) is 89.9 Å². The first-order valence-corrected chi connectivity index (χ1v) is 26.9. The van der Waals surface area contributed by atoms with Gasteiger partial charge in [0.25, 0.3) is 0 Å². The fourth-order valence-corrected chi connectivity index (χ4v) is 6.87. The molecule has 11 nitrogen and oxygen atoms in total. The van der Waals surface area contributed by atoms with Gasteiger partial charge in [-0.2, -0.15) is 0 Å². The highest BCUT2D eigenvalue weighted by molar-refractivity contribution is 7.47. The van der Waals surface area contributed by atoms with Crippen molar-refractivity contribution < 1.29 is 52.2 Å². The molecule has 12 heteroatoms. The van der Waals surface area contributed by atoms with Crippen molar-refractivity contribution >= 4 is 25.7 Å². The number of hydrogen-bond acceptors (Lipinski definition) is 10. The first-order valence-electron chi connectivity index (χ1n) is 25.4. The average molecular weight is 969 g/mol. The minimum absolute atomic E-state index is 0.0792. The number of esters is 3. The molecule has 0 aromatic heterocycles. The molecule has 2 N–H and O–H groups in total. The summed E-state index contributed by atoms with van der Waals surface area (Å²) in [7, 11) is -4.79. The van der Waals surface area contributed by atoms with Crippen LogP contribution in [0.3, 0.4) is 0 Å². The third kappa shape index (κ3) is 47.0. The van der Waals surface area contributed by atoms with Crippen molar-refractivity contribution in [3.63, 3.8) is 0 Å². The fraction of sp³-hybridized carbons (Fsp3) is 0.589. The second kappa shape index (κ2) is 49.3. The van der Waals surface area contributed by atoms with Gasteiger partial charge in [-0.05, 0) is 96.3 Å². The van der Waals surface area contributed by atoms with E-state index in [1.807, 2.05) is 30.4 Å². The van der Waals surface area contributed by atoms with E-state index in [1.54, 1.807) is 6.08 Å². The Hall–Kier alpha value is -4.12. The van der Waals surface area contributed by atoms with E-state index >= 15 is 0 Å². The summed E-state index contributed by atoms with van der Waals surface area (Å²) in [4.78, 5) is 48.2. The Kier molecular flexibility index (Phi) is 46.3. The van der Waals surface area contributed by atoms with Gasteiger partial charge >= 0.3 is 25.7 Å². The Morgan fingerprint density at radius 3 is 1.35 bits per heavy atom. The van der Waals surface area contributed by atoms with E-state index in [4.69, 9.17) is 23.3 Å². The van der Waals surface area contributed by atoms with Crippen LogP contribution in [0.15, 0.2) is 122 Å². The number of phosphoric ester groups is 1. The van der Waals surface area contributed by atoms with Crippen LogP contribution in [0.5, 0.6) is 0 Å². The van der Waals surface area contributed by atoms with Gasteiger partial charge in [-0.25, -0.2) is 4.57 Å². The summed E-state index contributed by atoms with van der Waals surface area (Å²) in [6.45, 7) is 4.15. The molecule has 384 valence electrons. The predicted octanol–water partition coefficient (Wildman–Crippen LogP) is 14.5. The van der Waals surface area contributed by atoms with Crippen LogP contribution in [0.25, 0.3) is 0 Å². The lowest BCUT2D eigenvalue weighted by Crippen LogP contribution is -2.30. The van der Waals surface area contributed by atoms with Crippen LogP contribution in [0.2, 0.25) is 0 Å². The Labute approximate surface area is 411 Å². The van der Waals surface area contributed by atoms with Crippen LogP contribution in [-0.4, -0.2) is 66.5 Å². The topological polar surface area (TPSA) is 155 Å². The quantitative estimate of drug-likeness (QED) is 0.0197. The number of aliphatic hydroxyl groups excluding tert-OH is 1. The molecular formula is C56H89O11P. The smallest absolute Gasteiger partial charge is 0.462 e. The van der Waals surface area contributed by atoms with Gasteiger partial charge in [0, 0.05) is 12.8 Å². The van der Waals surface area contributed by atoms with E-state index < -0.39 is 64.4 Å². The Morgan fingerprint density at radius 1 is 0.441 bits per heavy atom. The highest BCUT2D eigenvalue weighted by Gasteiger charge is 2.28. The summed E-state index contributed by atoms with van der Waals surface area (Å²) in [5.74, 6) is -1.74. The Balaban J connectivity index is 4.97. The first-order chi connectivity index (χ1) is 33.2. The zero-order valence-electron chi connectivity index (χ0n) is 42.0. The number of allylic oxidation sites excluding steroid dienone is 19. The molecule has 68 heavy (non-hydrogen) atoms. The lowest BCUT2D eigenvalue weighted by atomic mass is 10.1. The second-order valence-corrected chi connectivity index (χ2v) is 17.7. The van der Waals surface area contributed by atoms with Crippen LogP contribution in [0, 0.1) is 0 Å². The molecule has 0 rings (SSSR count). The van der Waals surface area contributed by atoms with E-state index in [2.05, 4.69) is 106 Å². The van der Waals surface area contributed by atoms with Gasteiger partial charge in [0.2, 0.25) is 0 Å². The third-order valence-electron chi connectivity index (χ3n) is 9.90. The van der Waals surface area contributed by atoms with Crippen molar-refractivity contribution in [1.29, 1.82) is 0 Å². The Bertz CT molecular complexity index is 1600. The predicted molar refractivity (Wildman–Crippen MR) is 279 cm³/mol. The molecular weight excluding hydrogens is 880 g/mol. The number of hydrogen-bond donors (Lipinski definition) is 2. The van der Waals surface area contributed by atoms with E-state index in [-0.39, 0.29) is 19.3 Å². The first kappa shape index (κ1) is 63.9. The molecule has 0 heterocycles. The van der Waals surface area contributed by atoms with Gasteiger partial charge in [-0.3, -0.25) is 23.4 Å². The van der Waals surface area contributed by atoms with Crippen molar-refractivity contribution in [2.24, 2.45) is 0 Å². The van der Waals surface area contributed by atoms with Gasteiger partial charge in [-0.15, -0.1) is 0 Å². The largest absolute Gasteiger partial charge is 0.472 e. The highest BCUT2D eigenvalue weighted by Crippen LogP contribution is 2.43. The summed E-state index contributed by atoms with van der Waals surface area (Å²) in [6, 6.07) is 0. The molecule has 0 bridgehead atoms. The molecule has 0 aromatic rings. The number of ether oxygens (including phenoxy) is 3.